The van der Waals surface area contributed by atoms with Crippen LogP contribution in [0.5, 0.6) is 0 Å². The Morgan fingerprint density at radius 1 is 1.17 bits per heavy atom. The SMILES string of the molecule is Cc1[nH]c(C)c(S(=O)(=O)Cl)c1-c1nc(-c2ccc(F)cc2)no1. The minimum Gasteiger partial charge on any atom is -0.361 e. The van der Waals surface area contributed by atoms with Crippen LogP contribution in [-0.4, -0.2) is 23.5 Å². The lowest BCUT2D eigenvalue weighted by atomic mass is 10.2. The number of aromatic amines is 1. The zero-order chi connectivity index (χ0) is 16.8. The Morgan fingerprint density at radius 3 is 2.43 bits per heavy atom. The maximum Gasteiger partial charge on any atom is 0.263 e. The van der Waals surface area contributed by atoms with E-state index in [1.807, 2.05) is 0 Å². The van der Waals surface area contributed by atoms with Crippen LogP contribution in [-0.2, 0) is 9.05 Å². The third-order valence-electron chi connectivity index (χ3n) is 3.30. The van der Waals surface area contributed by atoms with Crippen molar-refractivity contribution in [2.75, 3.05) is 0 Å². The van der Waals surface area contributed by atoms with Gasteiger partial charge in [-0.2, -0.15) is 4.98 Å². The number of rotatable bonds is 3. The average molecular weight is 356 g/mol. The van der Waals surface area contributed by atoms with E-state index in [0.717, 1.165) is 0 Å². The first-order chi connectivity index (χ1) is 10.8. The summed E-state index contributed by atoms with van der Waals surface area (Å²) in [7, 11) is 1.51. The molecule has 0 aliphatic carbocycles. The van der Waals surface area contributed by atoms with Gasteiger partial charge in [-0.3, -0.25) is 0 Å². The third kappa shape index (κ3) is 2.87. The summed E-state index contributed by atoms with van der Waals surface area (Å²) in [6.45, 7) is 3.26. The Labute approximate surface area is 135 Å². The second-order valence-electron chi connectivity index (χ2n) is 4.95. The molecule has 0 unspecified atom stereocenters. The van der Waals surface area contributed by atoms with Crippen LogP contribution in [0.25, 0.3) is 22.8 Å². The fraction of sp³-hybridized carbons (Fsp3) is 0.143. The van der Waals surface area contributed by atoms with Crippen LogP contribution in [0.3, 0.4) is 0 Å². The van der Waals surface area contributed by atoms with Crippen molar-refractivity contribution in [3.8, 4) is 22.8 Å². The molecule has 6 nitrogen and oxygen atoms in total. The molecule has 1 N–H and O–H groups in total. The molecular weight excluding hydrogens is 345 g/mol. The number of H-pyrrole nitrogens is 1. The molecule has 23 heavy (non-hydrogen) atoms. The fourth-order valence-electron chi connectivity index (χ4n) is 2.36. The van der Waals surface area contributed by atoms with E-state index in [4.69, 9.17) is 15.2 Å². The van der Waals surface area contributed by atoms with Gasteiger partial charge in [-0.15, -0.1) is 0 Å². The number of nitrogens with one attached hydrogen (secondary N) is 1. The predicted molar refractivity (Wildman–Crippen MR) is 82.0 cm³/mol. The lowest BCUT2D eigenvalue weighted by molar-refractivity contribution is 0.431. The van der Waals surface area contributed by atoms with Crippen molar-refractivity contribution in [1.29, 1.82) is 0 Å². The number of benzene rings is 1. The van der Waals surface area contributed by atoms with Gasteiger partial charge in [0.05, 0.1) is 5.56 Å². The number of aryl methyl sites for hydroxylation is 2. The summed E-state index contributed by atoms with van der Waals surface area (Å²) in [5, 5.41) is 3.81. The van der Waals surface area contributed by atoms with E-state index in [0.29, 0.717) is 17.0 Å². The number of aromatic nitrogens is 3. The first kappa shape index (κ1) is 15.7. The van der Waals surface area contributed by atoms with Gasteiger partial charge < -0.3 is 9.51 Å². The Bertz CT molecular complexity index is 977. The standard InChI is InChI=1S/C14H11ClFN3O3S/c1-7-11(12(8(2)17-7)23(15,20)21)14-18-13(19-22-14)9-3-5-10(16)6-4-9/h3-6,17H,1-2H3. The Kier molecular flexibility index (Phi) is 3.73. The number of halogens is 2. The largest absolute Gasteiger partial charge is 0.361 e. The zero-order valence-corrected chi connectivity index (χ0v) is 13.7. The van der Waals surface area contributed by atoms with Crippen molar-refractivity contribution in [1.82, 2.24) is 15.1 Å². The smallest absolute Gasteiger partial charge is 0.263 e. The molecule has 0 saturated carbocycles. The molecule has 0 aliphatic heterocycles. The van der Waals surface area contributed by atoms with Crippen LogP contribution in [0.4, 0.5) is 4.39 Å². The van der Waals surface area contributed by atoms with Gasteiger partial charge in [0, 0.05) is 27.6 Å². The molecule has 0 bridgehead atoms. The van der Waals surface area contributed by atoms with Gasteiger partial charge in [-0.05, 0) is 38.1 Å². The summed E-state index contributed by atoms with van der Waals surface area (Å²) in [5.74, 6) is -0.147. The van der Waals surface area contributed by atoms with E-state index in [1.54, 1.807) is 13.8 Å². The van der Waals surface area contributed by atoms with E-state index in [2.05, 4.69) is 15.1 Å². The van der Waals surface area contributed by atoms with E-state index >= 15 is 0 Å². The van der Waals surface area contributed by atoms with Crippen LogP contribution in [0.15, 0.2) is 33.7 Å². The van der Waals surface area contributed by atoms with Crippen LogP contribution in [0.1, 0.15) is 11.4 Å². The van der Waals surface area contributed by atoms with Gasteiger partial charge >= 0.3 is 0 Å². The van der Waals surface area contributed by atoms with Crippen molar-refractivity contribution in [2.45, 2.75) is 18.7 Å². The number of hydrogen-bond donors (Lipinski definition) is 1. The van der Waals surface area contributed by atoms with Crippen molar-refractivity contribution < 1.29 is 17.3 Å². The van der Waals surface area contributed by atoms with Crippen molar-refractivity contribution in [2.24, 2.45) is 0 Å². The molecule has 1 aromatic carbocycles. The molecule has 3 aromatic rings. The molecule has 0 amide bonds. The quantitative estimate of drug-likeness (QED) is 0.727. The van der Waals surface area contributed by atoms with E-state index in [-0.39, 0.29) is 28.0 Å². The highest BCUT2D eigenvalue weighted by Crippen LogP contribution is 2.35. The number of hydrogen-bond acceptors (Lipinski definition) is 5. The molecular formula is C14H11ClFN3O3S. The minimum absolute atomic E-state index is 0.0189. The first-order valence-electron chi connectivity index (χ1n) is 6.51. The minimum atomic E-state index is -3.99. The van der Waals surface area contributed by atoms with Gasteiger partial charge in [-0.1, -0.05) is 5.16 Å². The lowest BCUT2D eigenvalue weighted by Gasteiger charge is -1.98. The molecule has 120 valence electrons. The summed E-state index contributed by atoms with van der Waals surface area (Å²) in [6, 6.07) is 5.54. The molecule has 0 atom stereocenters. The molecule has 0 aliphatic rings. The molecule has 9 heteroatoms. The normalized spacial score (nSPS) is 11.8. The number of nitrogens with zero attached hydrogens (tertiary/aromatic N) is 2. The summed E-state index contributed by atoms with van der Waals surface area (Å²) < 4.78 is 41.7. The fourth-order valence-corrected chi connectivity index (χ4v) is 3.84. The van der Waals surface area contributed by atoms with Gasteiger partial charge in [0.2, 0.25) is 5.82 Å². The van der Waals surface area contributed by atoms with Gasteiger partial charge in [0.25, 0.3) is 14.9 Å². The van der Waals surface area contributed by atoms with E-state index < -0.39 is 9.05 Å². The highest BCUT2D eigenvalue weighted by Gasteiger charge is 2.27. The average Bonchev–Trinajstić information content (AvgIpc) is 3.03. The van der Waals surface area contributed by atoms with Crippen LogP contribution < -0.4 is 0 Å². The molecule has 3 rings (SSSR count). The Morgan fingerprint density at radius 2 is 1.83 bits per heavy atom. The monoisotopic (exact) mass is 355 g/mol. The molecule has 0 spiro atoms. The second kappa shape index (κ2) is 5.47. The highest BCUT2D eigenvalue weighted by atomic mass is 35.7. The highest BCUT2D eigenvalue weighted by molar-refractivity contribution is 8.13. The van der Waals surface area contributed by atoms with E-state index in [9.17, 15) is 12.8 Å². The summed E-state index contributed by atoms with van der Waals surface area (Å²) in [4.78, 5) is 6.99. The molecule has 2 aromatic heterocycles. The lowest BCUT2D eigenvalue weighted by Crippen LogP contribution is -1.94. The first-order valence-corrected chi connectivity index (χ1v) is 8.82. The molecule has 0 fully saturated rings. The zero-order valence-electron chi connectivity index (χ0n) is 12.1. The van der Waals surface area contributed by atoms with Crippen molar-refractivity contribution in [3.05, 3.63) is 41.5 Å². The molecule has 2 heterocycles. The Balaban J connectivity index is 2.13. The van der Waals surface area contributed by atoms with Crippen LogP contribution in [0, 0.1) is 19.7 Å². The van der Waals surface area contributed by atoms with Gasteiger partial charge in [0.1, 0.15) is 10.7 Å². The molecule has 0 saturated heterocycles. The van der Waals surface area contributed by atoms with Crippen molar-refractivity contribution >= 4 is 19.7 Å². The maximum absolute atomic E-state index is 13.0. The van der Waals surface area contributed by atoms with Crippen molar-refractivity contribution in [3.63, 3.8) is 0 Å². The summed E-state index contributed by atoms with van der Waals surface area (Å²) in [5.41, 5.74) is 1.70. The Hall–Kier alpha value is -2.19. The topological polar surface area (TPSA) is 88.9 Å². The van der Waals surface area contributed by atoms with Crippen LogP contribution >= 0.6 is 10.7 Å². The van der Waals surface area contributed by atoms with Gasteiger partial charge in [0.15, 0.2) is 0 Å². The summed E-state index contributed by atoms with van der Waals surface area (Å²) >= 11 is 0. The molecule has 0 radical (unpaired) electrons. The van der Waals surface area contributed by atoms with Crippen LogP contribution in [0.2, 0.25) is 0 Å². The third-order valence-corrected chi connectivity index (χ3v) is 4.76. The maximum atomic E-state index is 13.0. The van der Waals surface area contributed by atoms with Gasteiger partial charge in [-0.25, -0.2) is 12.8 Å². The summed E-state index contributed by atoms with van der Waals surface area (Å²) in [6.07, 6.45) is 0. The predicted octanol–water partition coefficient (Wildman–Crippen LogP) is 3.42. The second-order valence-corrected chi connectivity index (χ2v) is 7.45. The van der Waals surface area contributed by atoms with E-state index in [1.165, 1.54) is 24.3 Å².